The highest BCUT2D eigenvalue weighted by Crippen LogP contribution is 2.12. The Hall–Kier alpha value is -1.67. The van der Waals surface area contributed by atoms with Crippen LogP contribution in [0.4, 0.5) is 5.95 Å². The molecule has 2 rings (SSSR count). The van der Waals surface area contributed by atoms with Crippen LogP contribution in [0.2, 0.25) is 5.15 Å². The lowest BCUT2D eigenvalue weighted by Gasteiger charge is -2.03. The highest BCUT2D eigenvalue weighted by Gasteiger charge is 2.16. The number of sulfonamides is 1. The summed E-state index contributed by atoms with van der Waals surface area (Å²) < 4.78 is 25.5. The van der Waals surface area contributed by atoms with E-state index in [1.807, 2.05) is 0 Å². The molecule has 0 aliphatic heterocycles. The molecule has 0 aliphatic rings. The molecule has 0 saturated carbocycles. The molecule has 0 spiro atoms. The normalized spacial score (nSPS) is 11.3. The molecular formula is C7H6ClN5O2S. The first-order valence-electron chi connectivity index (χ1n) is 4.08. The van der Waals surface area contributed by atoms with E-state index in [4.69, 9.17) is 11.6 Å². The van der Waals surface area contributed by atoms with Crippen LogP contribution in [0.25, 0.3) is 0 Å². The summed E-state index contributed by atoms with van der Waals surface area (Å²) in [7, 11) is -3.71. The zero-order chi connectivity index (χ0) is 11.6. The third-order valence-electron chi connectivity index (χ3n) is 1.63. The molecule has 0 aliphatic carbocycles. The standard InChI is InChI=1S/C7H6ClN5O2S/c8-6-1-2-9-7(12-6)13-16(14,15)5-3-10-11-4-5/h1-4H,(H,10,11)(H,9,12,13). The number of nitrogens with zero attached hydrogens (tertiary/aromatic N) is 3. The zero-order valence-electron chi connectivity index (χ0n) is 7.75. The van der Waals surface area contributed by atoms with E-state index in [1.165, 1.54) is 24.7 Å². The molecule has 0 aromatic carbocycles. The highest BCUT2D eigenvalue weighted by atomic mass is 35.5. The molecule has 7 nitrogen and oxygen atoms in total. The van der Waals surface area contributed by atoms with Gasteiger partial charge in [0.05, 0.1) is 6.20 Å². The summed E-state index contributed by atoms with van der Waals surface area (Å²) in [5.74, 6) is -0.0892. The number of hydrogen-bond acceptors (Lipinski definition) is 5. The fourth-order valence-corrected chi connectivity index (χ4v) is 1.94. The maximum Gasteiger partial charge on any atom is 0.267 e. The van der Waals surface area contributed by atoms with Crippen molar-refractivity contribution < 1.29 is 8.42 Å². The van der Waals surface area contributed by atoms with E-state index in [-0.39, 0.29) is 16.0 Å². The van der Waals surface area contributed by atoms with Gasteiger partial charge in [0.15, 0.2) is 0 Å². The van der Waals surface area contributed by atoms with Gasteiger partial charge in [-0.1, -0.05) is 11.6 Å². The van der Waals surface area contributed by atoms with Gasteiger partial charge < -0.3 is 0 Å². The Bertz CT molecular complexity index is 583. The van der Waals surface area contributed by atoms with Gasteiger partial charge in [0, 0.05) is 12.4 Å². The number of halogens is 1. The predicted molar refractivity (Wildman–Crippen MR) is 56.4 cm³/mol. The molecule has 0 amide bonds. The van der Waals surface area contributed by atoms with Crippen molar-refractivity contribution in [3.05, 3.63) is 29.8 Å². The van der Waals surface area contributed by atoms with Crippen molar-refractivity contribution in [3.63, 3.8) is 0 Å². The second-order valence-electron chi connectivity index (χ2n) is 2.74. The first kappa shape index (κ1) is 10.8. The molecule has 0 bridgehead atoms. The lowest BCUT2D eigenvalue weighted by molar-refractivity contribution is 0.601. The van der Waals surface area contributed by atoms with Crippen molar-refractivity contribution in [2.24, 2.45) is 0 Å². The van der Waals surface area contributed by atoms with Crippen molar-refractivity contribution in [3.8, 4) is 0 Å². The van der Waals surface area contributed by atoms with E-state index in [1.54, 1.807) is 0 Å². The van der Waals surface area contributed by atoms with Gasteiger partial charge in [-0.15, -0.1) is 0 Å². The van der Waals surface area contributed by atoms with Crippen molar-refractivity contribution in [2.75, 3.05) is 4.72 Å². The number of aromatic amines is 1. The monoisotopic (exact) mass is 259 g/mol. The molecule has 2 N–H and O–H groups in total. The Morgan fingerprint density at radius 2 is 2.25 bits per heavy atom. The first-order valence-corrected chi connectivity index (χ1v) is 5.94. The largest absolute Gasteiger partial charge is 0.284 e. The van der Waals surface area contributed by atoms with Crippen LogP contribution in [0.5, 0.6) is 0 Å². The van der Waals surface area contributed by atoms with Crippen LogP contribution in [0.15, 0.2) is 29.6 Å². The molecule has 2 aromatic rings. The lowest BCUT2D eigenvalue weighted by atomic mass is 10.7. The Labute approximate surface area is 95.9 Å². The summed E-state index contributed by atoms with van der Waals surface area (Å²) >= 11 is 5.59. The molecule has 0 fully saturated rings. The summed E-state index contributed by atoms with van der Waals surface area (Å²) in [5.41, 5.74) is 0. The van der Waals surface area contributed by atoms with E-state index in [2.05, 4.69) is 24.9 Å². The number of aromatic nitrogens is 4. The van der Waals surface area contributed by atoms with Gasteiger partial charge in [-0.25, -0.2) is 23.1 Å². The van der Waals surface area contributed by atoms with Crippen molar-refractivity contribution >= 4 is 27.6 Å². The van der Waals surface area contributed by atoms with Crippen molar-refractivity contribution in [1.82, 2.24) is 20.2 Å². The fraction of sp³-hybridized carbons (Fsp3) is 0. The number of nitrogens with one attached hydrogen (secondary N) is 2. The van der Waals surface area contributed by atoms with Gasteiger partial charge in [0.1, 0.15) is 10.0 Å². The third kappa shape index (κ3) is 2.28. The van der Waals surface area contributed by atoms with Crippen LogP contribution >= 0.6 is 11.6 Å². The van der Waals surface area contributed by atoms with Gasteiger partial charge in [-0.3, -0.25) is 5.10 Å². The Kier molecular flexibility index (Phi) is 2.75. The lowest BCUT2D eigenvalue weighted by Crippen LogP contribution is -2.14. The quantitative estimate of drug-likeness (QED) is 0.789. The molecule has 2 aromatic heterocycles. The fourth-order valence-electron chi connectivity index (χ4n) is 0.951. The minimum absolute atomic E-state index is 0.00363. The highest BCUT2D eigenvalue weighted by molar-refractivity contribution is 7.92. The summed E-state index contributed by atoms with van der Waals surface area (Å²) in [5, 5.41) is 6.09. The summed E-state index contributed by atoms with van der Waals surface area (Å²) in [6.45, 7) is 0. The van der Waals surface area contributed by atoms with Crippen LogP contribution in [-0.2, 0) is 10.0 Å². The summed E-state index contributed by atoms with van der Waals surface area (Å²) in [6.07, 6.45) is 3.77. The SMILES string of the molecule is O=S(=O)(Nc1nccc(Cl)n1)c1cn[nH]c1. The molecule has 0 saturated heterocycles. The van der Waals surface area contributed by atoms with Gasteiger partial charge >= 0.3 is 0 Å². The predicted octanol–water partition coefficient (Wildman–Crippen LogP) is 0.654. The first-order chi connectivity index (χ1) is 7.58. The van der Waals surface area contributed by atoms with Gasteiger partial charge in [0.25, 0.3) is 10.0 Å². The molecule has 0 radical (unpaired) electrons. The van der Waals surface area contributed by atoms with Crippen molar-refractivity contribution in [1.29, 1.82) is 0 Å². The van der Waals surface area contributed by atoms with Gasteiger partial charge in [-0.2, -0.15) is 5.10 Å². The average Bonchev–Trinajstić information content (AvgIpc) is 2.69. The molecule has 9 heteroatoms. The number of H-pyrrole nitrogens is 1. The van der Waals surface area contributed by atoms with Crippen LogP contribution in [0.1, 0.15) is 0 Å². The number of hydrogen-bond donors (Lipinski definition) is 2. The van der Waals surface area contributed by atoms with E-state index in [0.29, 0.717) is 0 Å². The van der Waals surface area contributed by atoms with E-state index < -0.39 is 10.0 Å². The molecule has 0 unspecified atom stereocenters. The van der Waals surface area contributed by atoms with E-state index in [0.717, 1.165) is 0 Å². The van der Waals surface area contributed by atoms with Crippen LogP contribution < -0.4 is 4.72 Å². The van der Waals surface area contributed by atoms with Crippen LogP contribution in [-0.4, -0.2) is 28.6 Å². The third-order valence-corrected chi connectivity index (χ3v) is 3.14. The number of rotatable bonds is 3. The summed E-state index contributed by atoms with van der Waals surface area (Å²) in [6, 6.07) is 1.44. The van der Waals surface area contributed by atoms with Crippen LogP contribution in [0.3, 0.4) is 0 Å². The zero-order valence-corrected chi connectivity index (χ0v) is 9.33. The maximum absolute atomic E-state index is 11.7. The molecule has 0 atom stereocenters. The topological polar surface area (TPSA) is 101 Å². The molecular weight excluding hydrogens is 254 g/mol. The number of anilines is 1. The Balaban J connectivity index is 2.29. The van der Waals surface area contributed by atoms with Crippen LogP contribution in [0, 0.1) is 0 Å². The molecule has 2 heterocycles. The molecule has 16 heavy (non-hydrogen) atoms. The van der Waals surface area contributed by atoms with Crippen molar-refractivity contribution in [2.45, 2.75) is 4.90 Å². The smallest absolute Gasteiger partial charge is 0.267 e. The second kappa shape index (κ2) is 4.06. The van der Waals surface area contributed by atoms with E-state index in [9.17, 15) is 8.42 Å². The Morgan fingerprint density at radius 3 is 2.88 bits per heavy atom. The van der Waals surface area contributed by atoms with E-state index >= 15 is 0 Å². The average molecular weight is 260 g/mol. The molecule has 84 valence electrons. The maximum atomic E-state index is 11.7. The Morgan fingerprint density at radius 1 is 1.44 bits per heavy atom. The minimum atomic E-state index is -3.71. The minimum Gasteiger partial charge on any atom is -0.284 e. The second-order valence-corrected chi connectivity index (χ2v) is 4.81. The van der Waals surface area contributed by atoms with Gasteiger partial charge in [-0.05, 0) is 6.07 Å². The summed E-state index contributed by atoms with van der Waals surface area (Å²) in [4.78, 5) is 7.42. The van der Waals surface area contributed by atoms with Gasteiger partial charge in [0.2, 0.25) is 5.95 Å².